The van der Waals surface area contributed by atoms with Gasteiger partial charge in [0.15, 0.2) is 0 Å². The average Bonchev–Trinajstić information content (AvgIpc) is 3.45. The van der Waals surface area contributed by atoms with Crippen LogP contribution < -0.4 is 5.32 Å². The van der Waals surface area contributed by atoms with Crippen molar-refractivity contribution < 1.29 is 31.1 Å². The van der Waals surface area contributed by atoms with Gasteiger partial charge in [-0.05, 0) is 48.6 Å². The molecule has 0 saturated carbocycles. The summed E-state index contributed by atoms with van der Waals surface area (Å²) < 4.78 is 85.8. The van der Waals surface area contributed by atoms with E-state index in [2.05, 4.69) is 20.7 Å². The Bertz CT molecular complexity index is 1140. The molecule has 0 unspecified atom stereocenters. The maximum atomic E-state index is 13.3. The van der Waals surface area contributed by atoms with Crippen LogP contribution in [0.15, 0.2) is 54.7 Å². The Hall–Kier alpha value is -2.63. The molecule has 3 heterocycles. The van der Waals surface area contributed by atoms with E-state index in [-0.39, 0.29) is 42.6 Å². The van der Waals surface area contributed by atoms with E-state index in [1.807, 2.05) is 30.3 Å². The number of H-pyrrole nitrogens is 1. The van der Waals surface area contributed by atoms with Gasteiger partial charge in [-0.2, -0.15) is 26.3 Å². The minimum atomic E-state index is -4.91. The number of rotatable bonds is 5. The third-order valence-electron chi connectivity index (χ3n) is 6.98. The fourth-order valence-electron chi connectivity index (χ4n) is 5.41. The molecule has 2 aliphatic rings. The minimum Gasteiger partial charge on any atom is -0.371 e. The summed E-state index contributed by atoms with van der Waals surface area (Å²) in [5, 5.41) is 14.3. The number of halogens is 7. The van der Waals surface area contributed by atoms with Crippen molar-refractivity contribution >= 4 is 12.4 Å². The van der Waals surface area contributed by atoms with Crippen LogP contribution in [0.1, 0.15) is 53.1 Å². The summed E-state index contributed by atoms with van der Waals surface area (Å²) in [5.41, 5.74) is -1.71. The van der Waals surface area contributed by atoms with Gasteiger partial charge in [0.25, 0.3) is 0 Å². The van der Waals surface area contributed by atoms with Gasteiger partial charge in [0.05, 0.1) is 41.3 Å². The van der Waals surface area contributed by atoms with Gasteiger partial charge in [0.2, 0.25) is 0 Å². The molecule has 194 valence electrons. The highest BCUT2D eigenvalue weighted by Gasteiger charge is 2.55. The minimum absolute atomic E-state index is 0. The van der Waals surface area contributed by atoms with Crippen molar-refractivity contribution in [3.63, 3.8) is 0 Å². The van der Waals surface area contributed by atoms with Crippen LogP contribution >= 0.6 is 12.4 Å². The molecule has 0 aliphatic carbocycles. The van der Waals surface area contributed by atoms with Crippen LogP contribution in [0, 0.1) is 0 Å². The number of hydrogen-bond donors (Lipinski definition) is 2. The molecule has 2 aromatic carbocycles. The molecule has 0 amide bonds. The van der Waals surface area contributed by atoms with Gasteiger partial charge in [-0.15, -0.1) is 17.5 Å². The standard InChI is InChI=1S/C24H22F6N4O.ClH/c25-23(26,27)16-8-14(9-17(10-16)24(28,29)30)13-35-21-7-6-19-18(20-12-31-34-33-20)11-22(21,32-19)15-4-2-1-3-5-15;/h1-5,8-10,12,18-19,21,32H,6-7,11,13H2,(H,31,33,34);1H/t18-,19+,21-,22-;/m1./s1. The predicted octanol–water partition coefficient (Wildman–Crippen LogP) is 5.98. The lowest BCUT2D eigenvalue weighted by Crippen LogP contribution is -2.54. The molecular weight excluding hydrogens is 510 g/mol. The van der Waals surface area contributed by atoms with Crippen molar-refractivity contribution in [2.45, 2.75) is 61.8 Å². The number of nitrogens with one attached hydrogen (secondary N) is 2. The molecule has 2 N–H and O–H groups in total. The van der Waals surface area contributed by atoms with Crippen molar-refractivity contribution in [2.24, 2.45) is 0 Å². The Morgan fingerprint density at radius 3 is 2.19 bits per heavy atom. The number of benzene rings is 2. The van der Waals surface area contributed by atoms with Crippen molar-refractivity contribution in [1.29, 1.82) is 0 Å². The Balaban J connectivity index is 0.00000304. The number of alkyl halides is 6. The molecule has 4 atom stereocenters. The Morgan fingerprint density at radius 2 is 1.61 bits per heavy atom. The fraction of sp³-hybridized carbons (Fsp3) is 0.417. The molecule has 0 spiro atoms. The van der Waals surface area contributed by atoms with E-state index >= 15 is 0 Å². The Labute approximate surface area is 209 Å². The summed E-state index contributed by atoms with van der Waals surface area (Å²) >= 11 is 0. The Morgan fingerprint density at radius 1 is 0.944 bits per heavy atom. The molecule has 0 radical (unpaired) electrons. The fourth-order valence-corrected chi connectivity index (χ4v) is 5.41. The lowest BCUT2D eigenvalue weighted by atomic mass is 9.79. The molecule has 2 bridgehead atoms. The lowest BCUT2D eigenvalue weighted by molar-refractivity contribution is -0.143. The van der Waals surface area contributed by atoms with Crippen molar-refractivity contribution in [3.05, 3.63) is 82.7 Å². The molecule has 5 nitrogen and oxygen atoms in total. The zero-order valence-electron chi connectivity index (χ0n) is 18.7. The number of fused-ring (bicyclic) bond motifs is 2. The quantitative estimate of drug-likeness (QED) is 0.397. The first-order valence-corrected chi connectivity index (χ1v) is 11.2. The number of hydrogen-bond acceptors (Lipinski definition) is 4. The number of aromatic amines is 1. The smallest absolute Gasteiger partial charge is 0.371 e. The van der Waals surface area contributed by atoms with E-state index in [0.29, 0.717) is 12.8 Å². The zero-order chi connectivity index (χ0) is 24.8. The van der Waals surface area contributed by atoms with Crippen LogP contribution in [0.3, 0.4) is 0 Å². The van der Waals surface area contributed by atoms with Crippen LogP contribution in [0.2, 0.25) is 0 Å². The summed E-state index contributed by atoms with van der Waals surface area (Å²) in [5.74, 6) is 0.0594. The molecule has 2 fully saturated rings. The first-order valence-electron chi connectivity index (χ1n) is 11.2. The topological polar surface area (TPSA) is 62.8 Å². The molecule has 5 rings (SSSR count). The molecule has 12 heteroatoms. The summed E-state index contributed by atoms with van der Waals surface area (Å²) in [6, 6.07) is 11.2. The van der Waals surface area contributed by atoms with Gasteiger partial charge in [0.1, 0.15) is 0 Å². The van der Waals surface area contributed by atoms with E-state index in [0.717, 1.165) is 29.8 Å². The number of ether oxygens (including phenoxy) is 1. The highest BCUT2D eigenvalue weighted by atomic mass is 35.5. The molecule has 3 aromatic rings. The van der Waals surface area contributed by atoms with Gasteiger partial charge in [-0.1, -0.05) is 35.5 Å². The third-order valence-corrected chi connectivity index (χ3v) is 6.98. The molecule has 36 heavy (non-hydrogen) atoms. The second-order valence-corrected chi connectivity index (χ2v) is 9.10. The monoisotopic (exact) mass is 532 g/mol. The van der Waals surface area contributed by atoms with Crippen LogP contribution in [0.5, 0.6) is 0 Å². The maximum absolute atomic E-state index is 13.3. The molecule has 2 aliphatic heterocycles. The molecular formula is C24H23ClF6N4O. The van der Waals surface area contributed by atoms with E-state index in [4.69, 9.17) is 4.74 Å². The van der Waals surface area contributed by atoms with Crippen LogP contribution in [-0.2, 0) is 29.2 Å². The van der Waals surface area contributed by atoms with Crippen molar-refractivity contribution in [2.75, 3.05) is 0 Å². The molecule has 2 saturated heterocycles. The van der Waals surface area contributed by atoms with Crippen molar-refractivity contribution in [1.82, 2.24) is 20.7 Å². The summed E-state index contributed by atoms with van der Waals surface area (Å²) in [4.78, 5) is 0. The van der Waals surface area contributed by atoms with Crippen LogP contribution in [0.25, 0.3) is 0 Å². The van der Waals surface area contributed by atoms with Gasteiger partial charge in [-0.25, -0.2) is 0 Å². The molecule has 1 aromatic heterocycles. The first-order chi connectivity index (χ1) is 16.6. The first kappa shape index (κ1) is 26.4. The number of nitrogens with zero attached hydrogens (tertiary/aromatic N) is 2. The normalized spacial score (nSPS) is 26.0. The second kappa shape index (κ2) is 9.68. The van der Waals surface area contributed by atoms with E-state index < -0.39 is 35.1 Å². The summed E-state index contributed by atoms with van der Waals surface area (Å²) in [7, 11) is 0. The summed E-state index contributed by atoms with van der Waals surface area (Å²) in [6.45, 7) is -0.380. The third kappa shape index (κ3) is 4.96. The largest absolute Gasteiger partial charge is 0.416 e. The predicted molar refractivity (Wildman–Crippen MR) is 120 cm³/mol. The highest BCUT2D eigenvalue weighted by molar-refractivity contribution is 5.85. The SMILES string of the molecule is Cl.FC(F)(F)c1cc(CO[C@@H]2CC[C@@H]3N[C@@]2(c2ccccc2)C[C@H]3c2cnn[nH]2)cc(C(F)(F)F)c1. The lowest BCUT2D eigenvalue weighted by Gasteiger charge is -2.42. The Kier molecular flexibility index (Phi) is 7.11. The average molecular weight is 533 g/mol. The van der Waals surface area contributed by atoms with Crippen LogP contribution in [0.4, 0.5) is 26.3 Å². The summed E-state index contributed by atoms with van der Waals surface area (Å²) in [6.07, 6.45) is -6.68. The van der Waals surface area contributed by atoms with Gasteiger partial charge in [-0.3, -0.25) is 5.10 Å². The van der Waals surface area contributed by atoms with Gasteiger partial charge < -0.3 is 10.1 Å². The van der Waals surface area contributed by atoms with Gasteiger partial charge in [0, 0.05) is 12.0 Å². The highest BCUT2D eigenvalue weighted by Crippen LogP contribution is 2.50. The second-order valence-electron chi connectivity index (χ2n) is 9.10. The zero-order valence-corrected chi connectivity index (χ0v) is 19.6. The van der Waals surface area contributed by atoms with E-state index in [9.17, 15) is 26.3 Å². The number of piperidine rings is 1. The van der Waals surface area contributed by atoms with Crippen LogP contribution in [-0.4, -0.2) is 27.6 Å². The maximum Gasteiger partial charge on any atom is 0.416 e. The number of aromatic nitrogens is 3. The van der Waals surface area contributed by atoms with Crippen molar-refractivity contribution in [3.8, 4) is 0 Å². The van der Waals surface area contributed by atoms with Gasteiger partial charge >= 0.3 is 12.4 Å². The van der Waals surface area contributed by atoms with E-state index in [1.165, 1.54) is 0 Å². The van der Waals surface area contributed by atoms with E-state index in [1.54, 1.807) is 6.20 Å².